The highest BCUT2D eigenvalue weighted by Gasteiger charge is 2.28. The van der Waals surface area contributed by atoms with Crippen LogP contribution >= 0.6 is 11.3 Å². The maximum atomic E-state index is 12.5. The number of hydrogen-bond acceptors (Lipinski definition) is 3. The van der Waals surface area contributed by atoms with Gasteiger partial charge >= 0.3 is 0 Å². The zero-order valence-corrected chi connectivity index (χ0v) is 12.9. The Bertz CT molecular complexity index is 526. The van der Waals surface area contributed by atoms with Crippen molar-refractivity contribution in [3.63, 3.8) is 0 Å². The van der Waals surface area contributed by atoms with Crippen LogP contribution in [0.5, 0.6) is 0 Å². The molecule has 3 nitrogen and oxygen atoms in total. The highest BCUT2D eigenvalue weighted by Crippen LogP contribution is 2.25. The first-order chi connectivity index (χ1) is 9.61. The molecule has 2 heterocycles. The normalized spacial score (nSPS) is 22.2. The molecule has 2 atom stereocenters. The quantitative estimate of drug-likeness (QED) is 0.851. The molecule has 1 N–H and O–H groups in total. The first kappa shape index (κ1) is 15.1. The van der Waals surface area contributed by atoms with Gasteiger partial charge in [0.25, 0.3) is 5.91 Å². The van der Waals surface area contributed by atoms with Crippen LogP contribution in [0.3, 0.4) is 0 Å². The Kier molecular flexibility index (Phi) is 5.22. The lowest BCUT2D eigenvalue weighted by Gasteiger charge is -2.36. The first-order valence-electron chi connectivity index (χ1n) is 7.12. The second-order valence-corrected chi connectivity index (χ2v) is 6.51. The third-order valence-corrected chi connectivity index (χ3v) is 4.63. The van der Waals surface area contributed by atoms with Gasteiger partial charge in [-0.3, -0.25) is 4.79 Å². The summed E-state index contributed by atoms with van der Waals surface area (Å²) in [4.78, 5) is 16.2. The van der Waals surface area contributed by atoms with Gasteiger partial charge in [0.15, 0.2) is 0 Å². The first-order valence-corrected chi connectivity index (χ1v) is 7.94. The number of aliphatic hydroxyl groups excluding tert-OH is 1. The van der Waals surface area contributed by atoms with Crippen LogP contribution in [0.2, 0.25) is 0 Å². The SMILES string of the molecule is CC1CCC(C)N(C(=O)c2ccc(C#CCCO)s2)C1. The lowest BCUT2D eigenvalue weighted by atomic mass is 9.95. The molecule has 108 valence electrons. The number of rotatable bonds is 2. The van der Waals surface area contributed by atoms with Crippen LogP contribution in [0.1, 0.15) is 47.7 Å². The fraction of sp³-hybridized carbons (Fsp3) is 0.562. The van der Waals surface area contributed by atoms with E-state index < -0.39 is 0 Å². The van der Waals surface area contributed by atoms with E-state index in [1.165, 1.54) is 17.8 Å². The van der Waals surface area contributed by atoms with Crippen LogP contribution in [0.15, 0.2) is 12.1 Å². The maximum Gasteiger partial charge on any atom is 0.264 e. The van der Waals surface area contributed by atoms with E-state index >= 15 is 0 Å². The predicted molar refractivity (Wildman–Crippen MR) is 81.8 cm³/mol. The fourth-order valence-electron chi connectivity index (χ4n) is 2.44. The van der Waals surface area contributed by atoms with E-state index in [-0.39, 0.29) is 12.5 Å². The molecule has 4 heteroatoms. The standard InChI is InChI=1S/C16H21NO2S/c1-12-6-7-13(2)17(11-12)16(19)15-9-8-14(20-15)5-3-4-10-18/h8-9,12-13,18H,4,6-7,10-11H2,1-2H3. The molecule has 0 aliphatic carbocycles. The molecule has 1 amide bonds. The second kappa shape index (κ2) is 6.92. The van der Waals surface area contributed by atoms with E-state index in [2.05, 4.69) is 25.7 Å². The summed E-state index contributed by atoms with van der Waals surface area (Å²) in [6, 6.07) is 4.08. The molecular weight excluding hydrogens is 270 g/mol. The average molecular weight is 291 g/mol. The maximum absolute atomic E-state index is 12.5. The molecule has 0 spiro atoms. The van der Waals surface area contributed by atoms with Crippen molar-refractivity contribution >= 4 is 17.2 Å². The van der Waals surface area contributed by atoms with Crippen LogP contribution in [0.25, 0.3) is 0 Å². The third kappa shape index (κ3) is 3.62. The number of hydrogen-bond donors (Lipinski definition) is 1. The Morgan fingerprint density at radius 2 is 2.25 bits per heavy atom. The minimum Gasteiger partial charge on any atom is -0.395 e. The van der Waals surface area contributed by atoms with Gasteiger partial charge in [-0.2, -0.15) is 0 Å². The summed E-state index contributed by atoms with van der Waals surface area (Å²) in [6.07, 6.45) is 2.76. The molecule has 0 saturated carbocycles. The van der Waals surface area contributed by atoms with Crippen molar-refractivity contribution < 1.29 is 9.90 Å². The minimum atomic E-state index is 0.0767. The Morgan fingerprint density at radius 3 is 3.00 bits per heavy atom. The van der Waals surface area contributed by atoms with Crippen molar-refractivity contribution in [3.8, 4) is 11.8 Å². The topological polar surface area (TPSA) is 40.5 Å². The number of thiophene rings is 1. The zero-order valence-electron chi connectivity index (χ0n) is 12.1. The Hall–Kier alpha value is -1.31. The van der Waals surface area contributed by atoms with Gasteiger partial charge in [-0.15, -0.1) is 11.3 Å². The molecule has 1 saturated heterocycles. The van der Waals surface area contributed by atoms with E-state index in [1.807, 2.05) is 17.0 Å². The smallest absolute Gasteiger partial charge is 0.264 e. The molecule has 0 aromatic carbocycles. The molecule has 2 unspecified atom stereocenters. The van der Waals surface area contributed by atoms with E-state index in [4.69, 9.17) is 5.11 Å². The second-order valence-electron chi connectivity index (χ2n) is 5.43. The largest absolute Gasteiger partial charge is 0.395 e. The average Bonchev–Trinajstić information content (AvgIpc) is 2.90. The van der Waals surface area contributed by atoms with Crippen molar-refractivity contribution in [2.24, 2.45) is 5.92 Å². The van der Waals surface area contributed by atoms with Gasteiger partial charge < -0.3 is 10.0 Å². The summed E-state index contributed by atoms with van der Waals surface area (Å²) in [5.74, 6) is 6.58. The monoisotopic (exact) mass is 291 g/mol. The lowest BCUT2D eigenvalue weighted by molar-refractivity contribution is 0.0579. The van der Waals surface area contributed by atoms with E-state index in [0.717, 1.165) is 22.7 Å². The molecule has 2 rings (SSSR count). The summed E-state index contributed by atoms with van der Waals surface area (Å²) >= 11 is 1.44. The Morgan fingerprint density at radius 1 is 1.45 bits per heavy atom. The molecule has 1 fully saturated rings. The predicted octanol–water partition coefficient (Wildman–Crippen LogP) is 2.74. The van der Waals surface area contributed by atoms with Crippen LogP contribution < -0.4 is 0 Å². The number of carbonyl (C=O) groups excluding carboxylic acids is 1. The fourth-order valence-corrected chi connectivity index (χ4v) is 3.28. The van der Waals surface area contributed by atoms with Crippen molar-refractivity contribution in [1.82, 2.24) is 4.90 Å². The summed E-state index contributed by atoms with van der Waals surface area (Å²) in [6.45, 7) is 5.25. The van der Waals surface area contributed by atoms with Crippen molar-refractivity contribution in [3.05, 3.63) is 21.9 Å². The number of likely N-dealkylation sites (tertiary alicyclic amines) is 1. The highest BCUT2D eigenvalue weighted by molar-refractivity contribution is 7.14. The van der Waals surface area contributed by atoms with Crippen molar-refractivity contribution in [1.29, 1.82) is 0 Å². The van der Waals surface area contributed by atoms with Gasteiger partial charge in [-0.05, 0) is 37.8 Å². The number of aliphatic hydroxyl groups is 1. The van der Waals surface area contributed by atoms with Gasteiger partial charge in [-0.1, -0.05) is 18.8 Å². The van der Waals surface area contributed by atoms with Gasteiger partial charge in [0, 0.05) is 19.0 Å². The Labute approximate surface area is 124 Å². The summed E-state index contributed by atoms with van der Waals surface area (Å²) in [7, 11) is 0. The van der Waals surface area contributed by atoms with Crippen LogP contribution in [-0.4, -0.2) is 35.1 Å². The molecule has 1 aliphatic heterocycles. The van der Waals surface area contributed by atoms with E-state index in [0.29, 0.717) is 18.4 Å². The van der Waals surface area contributed by atoms with Gasteiger partial charge in [-0.25, -0.2) is 0 Å². The summed E-state index contributed by atoms with van der Waals surface area (Å²) in [5.41, 5.74) is 0. The zero-order chi connectivity index (χ0) is 14.5. The van der Waals surface area contributed by atoms with Crippen LogP contribution in [0.4, 0.5) is 0 Å². The van der Waals surface area contributed by atoms with Gasteiger partial charge in [0.05, 0.1) is 16.4 Å². The lowest BCUT2D eigenvalue weighted by Crippen LogP contribution is -2.44. The van der Waals surface area contributed by atoms with Crippen LogP contribution in [0, 0.1) is 17.8 Å². The van der Waals surface area contributed by atoms with E-state index in [1.54, 1.807) is 0 Å². The number of nitrogens with zero attached hydrogens (tertiary/aromatic N) is 1. The molecule has 0 radical (unpaired) electrons. The highest BCUT2D eigenvalue weighted by atomic mass is 32.1. The minimum absolute atomic E-state index is 0.0767. The van der Waals surface area contributed by atoms with E-state index in [9.17, 15) is 4.79 Å². The van der Waals surface area contributed by atoms with Crippen LogP contribution in [-0.2, 0) is 0 Å². The number of amides is 1. The molecule has 1 aromatic heterocycles. The molecule has 1 aromatic rings. The molecular formula is C16H21NO2S. The van der Waals surface area contributed by atoms with Gasteiger partial charge in [0.2, 0.25) is 0 Å². The third-order valence-electron chi connectivity index (χ3n) is 3.64. The van der Waals surface area contributed by atoms with Crippen molar-refractivity contribution in [2.75, 3.05) is 13.2 Å². The van der Waals surface area contributed by atoms with Crippen molar-refractivity contribution in [2.45, 2.75) is 39.2 Å². The molecule has 1 aliphatic rings. The number of piperidine rings is 1. The summed E-state index contributed by atoms with van der Waals surface area (Å²) < 4.78 is 0. The molecule has 20 heavy (non-hydrogen) atoms. The van der Waals surface area contributed by atoms with Gasteiger partial charge in [0.1, 0.15) is 0 Å². The molecule has 0 bridgehead atoms. The summed E-state index contributed by atoms with van der Waals surface area (Å²) in [5, 5.41) is 8.70. The number of carbonyl (C=O) groups is 1. The Balaban J connectivity index is 2.07.